The first-order chi connectivity index (χ1) is 15.6. The van der Waals surface area contributed by atoms with E-state index >= 15 is 0 Å². The molecule has 0 aliphatic heterocycles. The standard InChI is InChI=1S/C28H41NO4/c1-10-20(8)29(11-2)23-16-19(7)25(22-13-14-24(32-12-3)18(6)15-22)26(21(23)9)27(28(30)31)33-17(4)5/h10,15-17,20,27H,1,11-14H2,2-9H3,(H,30,31). The molecule has 0 radical (unpaired) electrons. The molecule has 1 aliphatic rings. The van der Waals surface area contributed by atoms with E-state index in [0.29, 0.717) is 6.61 Å². The highest BCUT2D eigenvalue weighted by atomic mass is 16.5. The Labute approximate surface area is 199 Å². The van der Waals surface area contributed by atoms with Gasteiger partial charge in [-0.2, -0.15) is 0 Å². The monoisotopic (exact) mass is 455 g/mol. The molecule has 1 N–H and O–H groups in total. The molecule has 1 aromatic rings. The Morgan fingerprint density at radius 2 is 1.88 bits per heavy atom. The first kappa shape index (κ1) is 26.7. The molecule has 1 aliphatic carbocycles. The fourth-order valence-corrected chi connectivity index (χ4v) is 4.72. The van der Waals surface area contributed by atoms with Gasteiger partial charge in [-0.3, -0.25) is 0 Å². The summed E-state index contributed by atoms with van der Waals surface area (Å²) in [4.78, 5) is 14.7. The fraction of sp³-hybridized carbons (Fsp3) is 0.536. The van der Waals surface area contributed by atoms with Crippen LogP contribution in [0.15, 0.2) is 36.1 Å². The van der Waals surface area contributed by atoms with Crippen molar-refractivity contribution in [3.8, 4) is 0 Å². The molecule has 2 atom stereocenters. The second kappa shape index (κ2) is 11.6. The maximum atomic E-state index is 12.5. The van der Waals surface area contributed by atoms with E-state index in [1.807, 2.05) is 33.8 Å². The summed E-state index contributed by atoms with van der Waals surface area (Å²) in [7, 11) is 0. The fourth-order valence-electron chi connectivity index (χ4n) is 4.72. The maximum Gasteiger partial charge on any atom is 0.337 e. The van der Waals surface area contributed by atoms with E-state index < -0.39 is 12.1 Å². The van der Waals surface area contributed by atoms with Crippen molar-refractivity contribution < 1.29 is 19.4 Å². The Hall–Kier alpha value is -2.53. The summed E-state index contributed by atoms with van der Waals surface area (Å²) in [6.45, 7) is 21.5. The number of rotatable bonds is 11. The summed E-state index contributed by atoms with van der Waals surface area (Å²) >= 11 is 0. The number of benzene rings is 1. The molecule has 5 heteroatoms. The zero-order chi connectivity index (χ0) is 24.9. The van der Waals surface area contributed by atoms with Gasteiger partial charge in [-0.1, -0.05) is 12.2 Å². The summed E-state index contributed by atoms with van der Waals surface area (Å²) in [5, 5.41) is 10.2. The third-order valence-corrected chi connectivity index (χ3v) is 6.27. The van der Waals surface area contributed by atoms with Crippen molar-refractivity contribution in [3.05, 3.63) is 58.4 Å². The van der Waals surface area contributed by atoms with E-state index in [9.17, 15) is 9.90 Å². The molecule has 0 spiro atoms. The molecule has 0 aromatic heterocycles. The first-order valence-corrected chi connectivity index (χ1v) is 12.0. The van der Waals surface area contributed by atoms with E-state index in [1.54, 1.807) is 0 Å². The largest absolute Gasteiger partial charge is 0.498 e. The molecule has 1 aromatic carbocycles. The highest BCUT2D eigenvalue weighted by Gasteiger charge is 2.32. The van der Waals surface area contributed by atoms with Crippen molar-refractivity contribution in [2.24, 2.45) is 0 Å². The predicted molar refractivity (Wildman–Crippen MR) is 137 cm³/mol. The van der Waals surface area contributed by atoms with Crippen LogP contribution in [0.5, 0.6) is 0 Å². The van der Waals surface area contributed by atoms with E-state index in [2.05, 4.69) is 51.3 Å². The van der Waals surface area contributed by atoms with Gasteiger partial charge in [0.2, 0.25) is 0 Å². The van der Waals surface area contributed by atoms with Crippen LogP contribution in [0.3, 0.4) is 0 Å². The van der Waals surface area contributed by atoms with Crippen molar-refractivity contribution in [1.82, 2.24) is 0 Å². The lowest BCUT2D eigenvalue weighted by Crippen LogP contribution is -2.33. The van der Waals surface area contributed by atoms with Crippen molar-refractivity contribution in [3.63, 3.8) is 0 Å². The number of allylic oxidation sites excluding steroid dienone is 4. The van der Waals surface area contributed by atoms with Gasteiger partial charge in [0.1, 0.15) is 0 Å². The van der Waals surface area contributed by atoms with Crippen LogP contribution >= 0.6 is 0 Å². The van der Waals surface area contributed by atoms with Gasteiger partial charge in [-0.25, -0.2) is 4.79 Å². The molecule has 2 rings (SSSR count). The quantitative estimate of drug-likeness (QED) is 0.374. The van der Waals surface area contributed by atoms with E-state index in [1.165, 1.54) is 0 Å². The molecule has 0 amide bonds. The van der Waals surface area contributed by atoms with Gasteiger partial charge in [0.25, 0.3) is 0 Å². The molecule has 0 bridgehead atoms. The lowest BCUT2D eigenvalue weighted by atomic mass is 9.83. The van der Waals surface area contributed by atoms with E-state index in [-0.39, 0.29) is 12.1 Å². The number of aliphatic carboxylic acids is 1. The molecule has 5 nitrogen and oxygen atoms in total. The van der Waals surface area contributed by atoms with Crippen LogP contribution < -0.4 is 4.90 Å². The summed E-state index contributed by atoms with van der Waals surface area (Å²) in [6.07, 6.45) is 4.41. The molecule has 0 fully saturated rings. The minimum atomic E-state index is -1.05. The number of ether oxygens (including phenoxy) is 2. The second-order valence-electron chi connectivity index (χ2n) is 9.00. The lowest BCUT2D eigenvalue weighted by Gasteiger charge is -2.34. The smallest absolute Gasteiger partial charge is 0.337 e. The number of carboxylic acid groups (broad SMARTS) is 1. The predicted octanol–water partition coefficient (Wildman–Crippen LogP) is 6.74. The van der Waals surface area contributed by atoms with Crippen LogP contribution in [0, 0.1) is 13.8 Å². The van der Waals surface area contributed by atoms with Gasteiger partial charge in [-0.05, 0) is 95.7 Å². The molecule has 182 valence electrons. The Balaban J connectivity index is 2.84. The lowest BCUT2D eigenvalue weighted by molar-refractivity contribution is -0.153. The number of aryl methyl sites for hydroxylation is 1. The van der Waals surface area contributed by atoms with Gasteiger partial charge in [0.05, 0.1) is 18.5 Å². The number of carboxylic acids is 1. The van der Waals surface area contributed by atoms with Gasteiger partial charge in [0, 0.05) is 30.3 Å². The van der Waals surface area contributed by atoms with Crippen molar-refractivity contribution in [2.45, 2.75) is 86.5 Å². The highest BCUT2D eigenvalue weighted by Crippen LogP contribution is 2.42. The van der Waals surface area contributed by atoms with Gasteiger partial charge in [0.15, 0.2) is 6.10 Å². The minimum Gasteiger partial charge on any atom is -0.498 e. The van der Waals surface area contributed by atoms with Gasteiger partial charge < -0.3 is 19.5 Å². The number of likely N-dealkylation sites (N-methyl/N-ethyl adjacent to an activating group) is 1. The van der Waals surface area contributed by atoms with Crippen LogP contribution in [0.4, 0.5) is 5.69 Å². The van der Waals surface area contributed by atoms with Crippen LogP contribution in [-0.2, 0) is 14.3 Å². The molecular formula is C28H41NO4. The third kappa shape index (κ3) is 5.89. The zero-order valence-corrected chi connectivity index (χ0v) is 21.6. The van der Waals surface area contributed by atoms with Crippen LogP contribution in [0.1, 0.15) is 82.7 Å². The molecule has 33 heavy (non-hydrogen) atoms. The average Bonchev–Trinajstić information content (AvgIpc) is 2.75. The highest BCUT2D eigenvalue weighted by molar-refractivity contribution is 5.84. The summed E-state index contributed by atoms with van der Waals surface area (Å²) in [6, 6.07) is 2.30. The minimum absolute atomic E-state index is 0.119. The zero-order valence-electron chi connectivity index (χ0n) is 21.6. The second-order valence-corrected chi connectivity index (χ2v) is 9.00. The number of hydrogen-bond donors (Lipinski definition) is 1. The van der Waals surface area contributed by atoms with Gasteiger partial charge in [-0.15, -0.1) is 6.58 Å². The molecule has 0 saturated heterocycles. The van der Waals surface area contributed by atoms with Crippen molar-refractivity contribution in [1.29, 1.82) is 0 Å². The first-order valence-electron chi connectivity index (χ1n) is 12.0. The number of nitrogens with zero attached hydrogens (tertiary/aromatic N) is 1. The Morgan fingerprint density at radius 3 is 2.36 bits per heavy atom. The van der Waals surface area contributed by atoms with Crippen molar-refractivity contribution in [2.75, 3.05) is 18.1 Å². The Morgan fingerprint density at radius 1 is 1.21 bits per heavy atom. The normalized spacial score (nSPS) is 15.8. The molecule has 0 heterocycles. The molecule has 0 saturated carbocycles. The third-order valence-electron chi connectivity index (χ3n) is 6.27. The van der Waals surface area contributed by atoms with E-state index in [0.717, 1.165) is 64.2 Å². The van der Waals surface area contributed by atoms with E-state index in [4.69, 9.17) is 9.47 Å². The van der Waals surface area contributed by atoms with Gasteiger partial charge >= 0.3 is 5.97 Å². The summed E-state index contributed by atoms with van der Waals surface area (Å²) in [5.41, 5.74) is 6.99. The number of carbonyl (C=O) groups is 1. The Bertz CT molecular complexity index is 942. The Kier molecular flexibility index (Phi) is 9.35. The van der Waals surface area contributed by atoms with Crippen LogP contribution in [-0.4, -0.2) is 36.4 Å². The van der Waals surface area contributed by atoms with Crippen LogP contribution in [0.2, 0.25) is 0 Å². The van der Waals surface area contributed by atoms with Crippen molar-refractivity contribution >= 4 is 17.2 Å². The SMILES string of the molecule is C=CC(C)N(CC)c1cc(C)c(C2=CC(C)=C(OCC)CC2)c(C(OC(C)C)C(=O)O)c1C. The van der Waals surface area contributed by atoms with Crippen LogP contribution in [0.25, 0.3) is 5.57 Å². The number of hydrogen-bond acceptors (Lipinski definition) is 4. The topological polar surface area (TPSA) is 59.0 Å². The summed E-state index contributed by atoms with van der Waals surface area (Å²) < 4.78 is 11.8. The summed E-state index contributed by atoms with van der Waals surface area (Å²) in [5.74, 6) is 0.0436. The molecular weight excluding hydrogens is 414 g/mol. The molecule has 2 unspecified atom stereocenters. The average molecular weight is 456 g/mol. The maximum absolute atomic E-state index is 12.5. The number of anilines is 1.